The fourth-order valence-electron chi connectivity index (χ4n) is 4.26. The Hall–Kier alpha value is -3.13. The van der Waals surface area contributed by atoms with Gasteiger partial charge in [-0.2, -0.15) is 5.10 Å². The first-order valence-electron chi connectivity index (χ1n) is 11.7. The molecule has 0 saturated heterocycles. The van der Waals surface area contributed by atoms with Crippen molar-refractivity contribution in [2.24, 2.45) is 0 Å². The molecule has 1 amide bonds. The summed E-state index contributed by atoms with van der Waals surface area (Å²) in [6.45, 7) is 7.92. The Morgan fingerprint density at radius 2 is 1.94 bits per heavy atom. The van der Waals surface area contributed by atoms with Crippen molar-refractivity contribution in [3.63, 3.8) is 0 Å². The second-order valence-electron chi connectivity index (χ2n) is 9.29. The van der Waals surface area contributed by atoms with Crippen LogP contribution in [0.2, 0.25) is 0 Å². The van der Waals surface area contributed by atoms with Crippen LogP contribution in [0.1, 0.15) is 50.0 Å². The number of nitrogens with one attached hydrogen (secondary N) is 1. The number of benzene rings is 1. The van der Waals surface area contributed by atoms with Crippen LogP contribution in [0.4, 0.5) is 0 Å². The van der Waals surface area contributed by atoms with Crippen LogP contribution in [0.25, 0.3) is 22.3 Å². The molecule has 1 aromatic carbocycles. The maximum Gasteiger partial charge on any atom is 0.252 e. The Balaban J connectivity index is 1.50. The molecule has 1 atom stereocenters. The average molecular weight is 450 g/mol. The standard InChI is InChI=1S/C25H31N5O3/c1-15(2)30-24-20(14-27-30)19(25(31)26-13-16(3)29(4)18-6-7-18)12-21(28-24)17-5-8-22-23(11-17)33-10-9-32-22/h5,8,11-12,14-16,18H,6-7,9-10,13H2,1-4H3,(H,26,31). The van der Waals surface area contributed by atoms with E-state index in [1.54, 1.807) is 6.20 Å². The summed E-state index contributed by atoms with van der Waals surface area (Å²) in [7, 11) is 2.13. The first kappa shape index (κ1) is 21.7. The number of hydrogen-bond acceptors (Lipinski definition) is 6. The molecule has 1 unspecified atom stereocenters. The van der Waals surface area contributed by atoms with Crippen LogP contribution < -0.4 is 14.8 Å². The molecule has 0 radical (unpaired) electrons. The fourth-order valence-corrected chi connectivity index (χ4v) is 4.26. The maximum atomic E-state index is 13.3. The number of carbonyl (C=O) groups is 1. The molecule has 1 saturated carbocycles. The zero-order chi connectivity index (χ0) is 23.1. The van der Waals surface area contributed by atoms with Gasteiger partial charge >= 0.3 is 0 Å². The molecule has 1 aliphatic heterocycles. The van der Waals surface area contributed by atoms with E-state index in [-0.39, 0.29) is 18.0 Å². The lowest BCUT2D eigenvalue weighted by Crippen LogP contribution is -2.41. The zero-order valence-electron chi connectivity index (χ0n) is 19.7. The molecule has 1 fully saturated rings. The van der Waals surface area contributed by atoms with Crippen molar-refractivity contribution in [3.8, 4) is 22.8 Å². The highest BCUT2D eigenvalue weighted by Crippen LogP contribution is 2.35. The molecule has 8 heteroatoms. The number of pyridine rings is 1. The highest BCUT2D eigenvalue weighted by Gasteiger charge is 2.29. The zero-order valence-corrected chi connectivity index (χ0v) is 19.7. The number of aromatic nitrogens is 3. The van der Waals surface area contributed by atoms with Gasteiger partial charge in [0, 0.05) is 30.2 Å². The summed E-state index contributed by atoms with van der Waals surface area (Å²) in [4.78, 5) is 20.6. The third kappa shape index (κ3) is 4.27. The van der Waals surface area contributed by atoms with Gasteiger partial charge in [0.05, 0.1) is 22.8 Å². The number of ether oxygens (including phenoxy) is 2. The van der Waals surface area contributed by atoms with Gasteiger partial charge in [-0.05, 0) is 64.9 Å². The Bertz CT molecular complexity index is 1180. The molecule has 0 bridgehead atoms. The minimum Gasteiger partial charge on any atom is -0.486 e. The van der Waals surface area contributed by atoms with Gasteiger partial charge in [-0.1, -0.05) is 0 Å². The van der Waals surface area contributed by atoms with Crippen molar-refractivity contribution in [2.45, 2.75) is 51.7 Å². The number of rotatable bonds is 7. The van der Waals surface area contributed by atoms with Crippen molar-refractivity contribution in [1.29, 1.82) is 0 Å². The monoisotopic (exact) mass is 449 g/mol. The van der Waals surface area contributed by atoms with E-state index in [9.17, 15) is 4.79 Å². The van der Waals surface area contributed by atoms with E-state index in [4.69, 9.17) is 14.5 Å². The molecular weight excluding hydrogens is 418 g/mol. The molecule has 8 nitrogen and oxygen atoms in total. The van der Waals surface area contributed by atoms with Gasteiger partial charge in [0.2, 0.25) is 0 Å². The average Bonchev–Trinajstić information content (AvgIpc) is 3.59. The summed E-state index contributed by atoms with van der Waals surface area (Å²) < 4.78 is 13.3. The molecule has 1 N–H and O–H groups in total. The number of hydrogen-bond donors (Lipinski definition) is 1. The molecule has 2 aromatic heterocycles. The summed E-state index contributed by atoms with van der Waals surface area (Å²) in [5.74, 6) is 1.31. The van der Waals surface area contributed by atoms with E-state index in [2.05, 4.69) is 43.1 Å². The van der Waals surface area contributed by atoms with Crippen molar-refractivity contribution < 1.29 is 14.3 Å². The first-order chi connectivity index (χ1) is 15.9. The molecule has 174 valence electrons. The lowest BCUT2D eigenvalue weighted by Gasteiger charge is -2.24. The van der Waals surface area contributed by atoms with Gasteiger partial charge in [-0.25, -0.2) is 9.67 Å². The predicted octanol–water partition coefficient (Wildman–Crippen LogP) is 3.66. The Labute approximate surface area is 193 Å². The van der Waals surface area contributed by atoms with Crippen molar-refractivity contribution in [3.05, 3.63) is 36.0 Å². The second-order valence-corrected chi connectivity index (χ2v) is 9.29. The molecule has 3 aromatic rings. The van der Waals surface area contributed by atoms with Crippen LogP contribution >= 0.6 is 0 Å². The van der Waals surface area contributed by atoms with Gasteiger partial charge in [-0.3, -0.25) is 9.69 Å². The van der Waals surface area contributed by atoms with E-state index >= 15 is 0 Å². The topological polar surface area (TPSA) is 81.5 Å². The third-order valence-corrected chi connectivity index (χ3v) is 6.51. The van der Waals surface area contributed by atoms with E-state index in [1.807, 2.05) is 28.9 Å². The Morgan fingerprint density at radius 1 is 1.18 bits per heavy atom. The normalized spacial score (nSPS) is 16.4. The smallest absolute Gasteiger partial charge is 0.252 e. The molecule has 0 spiro atoms. The van der Waals surface area contributed by atoms with Crippen LogP contribution in [-0.2, 0) is 0 Å². The second kappa shape index (κ2) is 8.67. The van der Waals surface area contributed by atoms with Gasteiger partial charge in [0.1, 0.15) is 13.2 Å². The van der Waals surface area contributed by atoms with Gasteiger partial charge in [0.25, 0.3) is 5.91 Å². The quantitative estimate of drug-likeness (QED) is 0.593. The lowest BCUT2D eigenvalue weighted by molar-refractivity contribution is 0.0941. The summed E-state index contributed by atoms with van der Waals surface area (Å²) in [5.41, 5.74) is 2.85. The van der Waals surface area contributed by atoms with Crippen LogP contribution in [0.3, 0.4) is 0 Å². The van der Waals surface area contributed by atoms with Crippen LogP contribution in [0, 0.1) is 0 Å². The van der Waals surface area contributed by atoms with Crippen molar-refractivity contribution in [1.82, 2.24) is 25.0 Å². The predicted molar refractivity (Wildman–Crippen MR) is 127 cm³/mol. The third-order valence-electron chi connectivity index (χ3n) is 6.51. The van der Waals surface area contributed by atoms with Crippen LogP contribution in [0.5, 0.6) is 11.5 Å². The lowest BCUT2D eigenvalue weighted by atomic mass is 10.1. The summed E-state index contributed by atoms with van der Waals surface area (Å²) in [6.07, 6.45) is 4.23. The molecule has 3 heterocycles. The summed E-state index contributed by atoms with van der Waals surface area (Å²) >= 11 is 0. The van der Waals surface area contributed by atoms with Crippen LogP contribution in [0.15, 0.2) is 30.5 Å². The Morgan fingerprint density at radius 3 is 2.67 bits per heavy atom. The SMILES string of the molecule is CC(CNC(=O)c1cc(-c2ccc3c(c2)OCCO3)nc2c1cnn2C(C)C)N(C)C1CC1. The molecular formula is C25H31N5O3. The molecule has 33 heavy (non-hydrogen) atoms. The van der Waals surface area contributed by atoms with Crippen molar-refractivity contribution in [2.75, 3.05) is 26.8 Å². The number of nitrogens with zero attached hydrogens (tertiary/aromatic N) is 4. The molecule has 5 rings (SSSR count). The number of carbonyl (C=O) groups excluding carboxylic acids is 1. The highest BCUT2D eigenvalue weighted by atomic mass is 16.6. The first-order valence-corrected chi connectivity index (χ1v) is 11.7. The summed E-state index contributed by atoms with van der Waals surface area (Å²) in [5, 5.41) is 8.41. The minimum atomic E-state index is -0.111. The molecule has 1 aliphatic carbocycles. The van der Waals surface area contributed by atoms with Gasteiger partial charge in [0.15, 0.2) is 17.1 Å². The van der Waals surface area contributed by atoms with E-state index in [0.717, 1.165) is 16.7 Å². The Kier molecular flexibility index (Phi) is 5.70. The highest BCUT2D eigenvalue weighted by molar-refractivity contribution is 6.06. The maximum absolute atomic E-state index is 13.3. The van der Waals surface area contributed by atoms with Crippen molar-refractivity contribution >= 4 is 16.9 Å². The number of likely N-dealkylation sites (N-methyl/N-ethyl adjacent to an activating group) is 1. The van der Waals surface area contributed by atoms with Crippen LogP contribution in [-0.4, -0.2) is 64.5 Å². The van der Waals surface area contributed by atoms with Gasteiger partial charge < -0.3 is 14.8 Å². The number of amides is 1. The van der Waals surface area contributed by atoms with E-state index in [1.165, 1.54) is 12.8 Å². The van der Waals surface area contributed by atoms with E-state index < -0.39 is 0 Å². The number of fused-ring (bicyclic) bond motifs is 2. The van der Waals surface area contributed by atoms with Gasteiger partial charge in [-0.15, -0.1) is 0 Å². The largest absolute Gasteiger partial charge is 0.486 e. The minimum absolute atomic E-state index is 0.111. The van der Waals surface area contributed by atoms with E-state index in [0.29, 0.717) is 48.5 Å². The molecule has 2 aliphatic rings. The fraction of sp³-hybridized carbons (Fsp3) is 0.480. The summed E-state index contributed by atoms with van der Waals surface area (Å²) in [6, 6.07) is 8.66.